The quantitative estimate of drug-likeness (QED) is 0.750. The molecule has 3 heterocycles. The van der Waals surface area contributed by atoms with Crippen molar-refractivity contribution in [2.24, 2.45) is 7.05 Å². The number of hydrogen-bond donors (Lipinski definition) is 1. The largest absolute Gasteiger partial charge is 0.336 e. The number of amides is 1. The summed E-state index contributed by atoms with van der Waals surface area (Å²) in [5.41, 5.74) is 0.919. The van der Waals surface area contributed by atoms with Gasteiger partial charge in [-0.25, -0.2) is 9.97 Å². The molecule has 1 atom stereocenters. The number of carbonyl (C=O) groups excluding carboxylic acids is 1. The van der Waals surface area contributed by atoms with Crippen LogP contribution in [0, 0.1) is 0 Å². The van der Waals surface area contributed by atoms with Crippen LogP contribution in [0.1, 0.15) is 21.5 Å². The van der Waals surface area contributed by atoms with Gasteiger partial charge in [0.1, 0.15) is 21.8 Å². The minimum atomic E-state index is -0.0898. The minimum Gasteiger partial charge on any atom is -0.336 e. The van der Waals surface area contributed by atoms with Crippen molar-refractivity contribution >= 4 is 28.8 Å². The molecule has 1 fully saturated rings. The minimum absolute atomic E-state index is 0.00900. The molecule has 0 saturated carbocycles. The van der Waals surface area contributed by atoms with E-state index in [1.54, 1.807) is 12.4 Å². The summed E-state index contributed by atoms with van der Waals surface area (Å²) < 4.78 is 1.96. The van der Waals surface area contributed by atoms with Crippen LogP contribution < -0.4 is 5.32 Å². The van der Waals surface area contributed by atoms with Crippen LogP contribution in [0.15, 0.2) is 42.9 Å². The number of nitrogens with zero attached hydrogens (tertiary/aromatic N) is 4. The lowest BCUT2D eigenvalue weighted by atomic mass is 10.1. The van der Waals surface area contributed by atoms with Crippen LogP contribution in [0.25, 0.3) is 10.6 Å². The number of imidazole rings is 1. The Morgan fingerprint density at radius 3 is 3.04 bits per heavy atom. The number of nitrogens with one attached hydrogen (secondary N) is 1. The lowest BCUT2D eigenvalue weighted by Crippen LogP contribution is -2.49. The van der Waals surface area contributed by atoms with Crippen molar-refractivity contribution in [1.82, 2.24) is 24.8 Å². The Kier molecular flexibility index (Phi) is 4.76. The van der Waals surface area contributed by atoms with E-state index in [1.807, 2.05) is 47.0 Å². The van der Waals surface area contributed by atoms with Crippen molar-refractivity contribution in [3.63, 3.8) is 0 Å². The van der Waals surface area contributed by atoms with Gasteiger partial charge in [0, 0.05) is 49.7 Å². The van der Waals surface area contributed by atoms with Crippen LogP contribution in [0.5, 0.6) is 0 Å². The fourth-order valence-electron chi connectivity index (χ4n) is 3.15. The van der Waals surface area contributed by atoms with Gasteiger partial charge in [-0.3, -0.25) is 4.79 Å². The molecule has 8 heteroatoms. The van der Waals surface area contributed by atoms with Crippen molar-refractivity contribution in [3.8, 4) is 10.6 Å². The lowest BCUT2D eigenvalue weighted by Gasteiger charge is -2.35. The maximum absolute atomic E-state index is 13.1. The van der Waals surface area contributed by atoms with Crippen LogP contribution in [-0.2, 0) is 7.05 Å². The van der Waals surface area contributed by atoms with Crippen LogP contribution >= 0.6 is 22.9 Å². The van der Waals surface area contributed by atoms with Gasteiger partial charge in [-0.05, 0) is 12.1 Å². The second kappa shape index (κ2) is 7.19. The molecule has 1 aliphatic rings. The smallest absolute Gasteiger partial charge is 0.266 e. The number of thiazole rings is 1. The first-order chi connectivity index (χ1) is 12.6. The van der Waals surface area contributed by atoms with E-state index in [1.165, 1.54) is 11.3 Å². The Labute approximate surface area is 160 Å². The highest BCUT2D eigenvalue weighted by atomic mass is 35.5. The van der Waals surface area contributed by atoms with Gasteiger partial charge in [0.15, 0.2) is 0 Å². The number of rotatable bonds is 3. The summed E-state index contributed by atoms with van der Waals surface area (Å²) in [4.78, 5) is 24.5. The van der Waals surface area contributed by atoms with Gasteiger partial charge < -0.3 is 14.8 Å². The van der Waals surface area contributed by atoms with E-state index in [9.17, 15) is 4.79 Å². The summed E-state index contributed by atoms with van der Waals surface area (Å²) in [6.45, 7) is 2.10. The molecule has 1 amide bonds. The topological polar surface area (TPSA) is 63.1 Å². The van der Waals surface area contributed by atoms with Crippen molar-refractivity contribution < 1.29 is 4.79 Å². The molecule has 2 aromatic heterocycles. The van der Waals surface area contributed by atoms with E-state index in [2.05, 4.69) is 15.3 Å². The molecule has 4 rings (SSSR count). The van der Waals surface area contributed by atoms with E-state index in [-0.39, 0.29) is 11.9 Å². The highest BCUT2D eigenvalue weighted by Gasteiger charge is 2.32. The number of piperazine rings is 1. The van der Waals surface area contributed by atoms with Gasteiger partial charge in [-0.2, -0.15) is 0 Å². The molecule has 26 heavy (non-hydrogen) atoms. The molecule has 0 aliphatic carbocycles. The van der Waals surface area contributed by atoms with Crippen LogP contribution in [0.3, 0.4) is 0 Å². The standard InChI is InChI=1S/C18H18ClN5OS/c1-23-7-6-21-16(23)14-10-20-5-8-24(14)18(25)15-11-22-17(26-15)12-3-2-4-13(19)9-12/h2-4,6-7,9,11,14,20H,5,8,10H2,1H3. The fraction of sp³-hybridized carbons (Fsp3) is 0.278. The molecular formula is C18H18ClN5OS. The Morgan fingerprint density at radius 1 is 1.38 bits per heavy atom. The van der Waals surface area contributed by atoms with Gasteiger partial charge in [0.05, 0.1) is 6.20 Å². The van der Waals surface area contributed by atoms with E-state index < -0.39 is 0 Å². The molecule has 6 nitrogen and oxygen atoms in total. The zero-order chi connectivity index (χ0) is 18.1. The Balaban J connectivity index is 1.61. The summed E-state index contributed by atoms with van der Waals surface area (Å²) >= 11 is 7.45. The molecule has 1 aromatic carbocycles. The monoisotopic (exact) mass is 387 g/mol. The predicted octanol–water partition coefficient (Wildman–Crippen LogP) is 2.98. The van der Waals surface area contributed by atoms with Gasteiger partial charge in [-0.1, -0.05) is 23.7 Å². The molecule has 0 radical (unpaired) electrons. The van der Waals surface area contributed by atoms with Crippen molar-refractivity contribution in [2.45, 2.75) is 6.04 Å². The van der Waals surface area contributed by atoms with Gasteiger partial charge in [0.2, 0.25) is 0 Å². The zero-order valence-corrected chi connectivity index (χ0v) is 15.8. The number of hydrogen-bond acceptors (Lipinski definition) is 5. The van der Waals surface area contributed by atoms with Gasteiger partial charge in [-0.15, -0.1) is 11.3 Å². The average molecular weight is 388 g/mol. The second-order valence-corrected chi connectivity index (χ2v) is 7.62. The highest BCUT2D eigenvalue weighted by molar-refractivity contribution is 7.16. The number of halogens is 1. The van der Waals surface area contributed by atoms with E-state index in [0.717, 1.165) is 22.9 Å². The van der Waals surface area contributed by atoms with Crippen molar-refractivity contribution in [1.29, 1.82) is 0 Å². The average Bonchev–Trinajstić information content (AvgIpc) is 3.30. The van der Waals surface area contributed by atoms with E-state index in [4.69, 9.17) is 11.6 Å². The predicted molar refractivity (Wildman–Crippen MR) is 102 cm³/mol. The maximum atomic E-state index is 13.1. The van der Waals surface area contributed by atoms with Gasteiger partial charge >= 0.3 is 0 Å². The van der Waals surface area contributed by atoms with Gasteiger partial charge in [0.25, 0.3) is 5.91 Å². The summed E-state index contributed by atoms with van der Waals surface area (Å²) in [5, 5.41) is 4.80. The summed E-state index contributed by atoms with van der Waals surface area (Å²) in [5.74, 6) is 0.871. The summed E-state index contributed by atoms with van der Waals surface area (Å²) in [6.07, 6.45) is 5.31. The molecule has 1 N–H and O–H groups in total. The first-order valence-electron chi connectivity index (χ1n) is 8.34. The highest BCUT2D eigenvalue weighted by Crippen LogP contribution is 2.30. The maximum Gasteiger partial charge on any atom is 0.266 e. The first kappa shape index (κ1) is 17.2. The summed E-state index contributed by atoms with van der Waals surface area (Å²) in [7, 11) is 1.95. The molecule has 1 saturated heterocycles. The van der Waals surface area contributed by atoms with E-state index in [0.29, 0.717) is 23.0 Å². The number of aromatic nitrogens is 3. The summed E-state index contributed by atoms with van der Waals surface area (Å²) in [6, 6.07) is 7.42. The number of carbonyl (C=O) groups is 1. The lowest BCUT2D eigenvalue weighted by molar-refractivity contribution is 0.0625. The normalized spacial score (nSPS) is 17.5. The molecule has 1 unspecified atom stereocenters. The third-order valence-electron chi connectivity index (χ3n) is 4.45. The second-order valence-electron chi connectivity index (χ2n) is 6.15. The zero-order valence-electron chi connectivity index (χ0n) is 14.2. The Hall–Kier alpha value is -2.22. The third-order valence-corrected chi connectivity index (χ3v) is 5.72. The van der Waals surface area contributed by atoms with Crippen molar-refractivity contribution in [3.05, 3.63) is 58.6 Å². The third kappa shape index (κ3) is 3.25. The van der Waals surface area contributed by atoms with Crippen LogP contribution in [0.2, 0.25) is 5.02 Å². The molecule has 0 spiro atoms. The van der Waals surface area contributed by atoms with Crippen LogP contribution in [0.4, 0.5) is 0 Å². The van der Waals surface area contributed by atoms with Crippen molar-refractivity contribution in [2.75, 3.05) is 19.6 Å². The molecule has 3 aromatic rings. The Morgan fingerprint density at radius 2 is 2.27 bits per heavy atom. The number of aryl methyl sites for hydroxylation is 1. The fourth-order valence-corrected chi connectivity index (χ4v) is 4.20. The number of benzene rings is 1. The first-order valence-corrected chi connectivity index (χ1v) is 9.53. The molecule has 0 bridgehead atoms. The van der Waals surface area contributed by atoms with Crippen LogP contribution in [-0.4, -0.2) is 45.0 Å². The molecule has 134 valence electrons. The SMILES string of the molecule is Cn1ccnc1C1CNCCN1C(=O)c1cnc(-c2cccc(Cl)c2)s1. The molecule has 1 aliphatic heterocycles. The Bertz CT molecular complexity index is 937. The molecular weight excluding hydrogens is 370 g/mol. The van der Waals surface area contributed by atoms with E-state index >= 15 is 0 Å².